The second-order valence-electron chi connectivity index (χ2n) is 7.40. The number of hydrazone groups is 1. The average molecular weight is 465 g/mol. The fourth-order valence-corrected chi connectivity index (χ4v) is 3.63. The molecule has 1 amide bonds. The van der Waals surface area contributed by atoms with Crippen molar-refractivity contribution in [1.82, 2.24) is 9.78 Å². The highest BCUT2D eigenvalue weighted by Crippen LogP contribution is 2.26. The van der Waals surface area contributed by atoms with Gasteiger partial charge in [0, 0.05) is 10.2 Å². The minimum Gasteiger partial charge on any atom is -0.295 e. The molecule has 1 aliphatic heterocycles. The lowest BCUT2D eigenvalue weighted by molar-refractivity contribution is -0.114. The van der Waals surface area contributed by atoms with E-state index in [2.05, 4.69) is 26.1 Å². The van der Waals surface area contributed by atoms with Gasteiger partial charge in [0.1, 0.15) is 0 Å². The van der Waals surface area contributed by atoms with Crippen LogP contribution in [0.5, 0.6) is 0 Å². The van der Waals surface area contributed by atoms with Crippen LogP contribution in [-0.2, 0) is 4.79 Å². The van der Waals surface area contributed by atoms with E-state index in [1.165, 1.54) is 9.69 Å². The van der Waals surface area contributed by atoms with Gasteiger partial charge in [-0.25, -0.2) is 4.68 Å². The molecule has 0 saturated heterocycles. The molecule has 0 spiro atoms. The SMILES string of the molecule is CC1=NN(c2ccc(C)c(C)c2)C(=O)C1=Cc1c(C)[nH]n(-c2ccc(Br)cc2)c1=O. The summed E-state index contributed by atoms with van der Waals surface area (Å²) >= 11 is 3.40. The van der Waals surface area contributed by atoms with Gasteiger partial charge in [-0.15, -0.1) is 0 Å². The Labute approximate surface area is 182 Å². The molecule has 0 unspecified atom stereocenters. The number of amides is 1. The van der Waals surface area contributed by atoms with Crippen LogP contribution in [0, 0.1) is 20.8 Å². The summed E-state index contributed by atoms with van der Waals surface area (Å²) < 4.78 is 2.40. The number of hydrogen-bond donors (Lipinski definition) is 1. The van der Waals surface area contributed by atoms with E-state index in [-0.39, 0.29) is 11.5 Å². The lowest BCUT2D eigenvalue weighted by atomic mass is 10.1. The van der Waals surface area contributed by atoms with Gasteiger partial charge in [0.15, 0.2) is 0 Å². The van der Waals surface area contributed by atoms with Crippen molar-refractivity contribution in [1.29, 1.82) is 0 Å². The Morgan fingerprint density at radius 2 is 1.60 bits per heavy atom. The molecule has 0 fully saturated rings. The van der Waals surface area contributed by atoms with Gasteiger partial charge in [0.2, 0.25) is 0 Å². The van der Waals surface area contributed by atoms with Crippen molar-refractivity contribution in [2.24, 2.45) is 5.10 Å². The Balaban J connectivity index is 1.73. The van der Waals surface area contributed by atoms with E-state index in [0.717, 1.165) is 21.3 Å². The number of aromatic amines is 1. The zero-order valence-electron chi connectivity index (χ0n) is 17.2. The minimum absolute atomic E-state index is 0.215. The molecule has 1 N–H and O–H groups in total. The van der Waals surface area contributed by atoms with Gasteiger partial charge in [-0.3, -0.25) is 14.7 Å². The summed E-state index contributed by atoms with van der Waals surface area (Å²) in [6.45, 7) is 7.62. The third-order valence-electron chi connectivity index (χ3n) is 5.29. The zero-order valence-corrected chi connectivity index (χ0v) is 18.7. The highest BCUT2D eigenvalue weighted by atomic mass is 79.9. The lowest BCUT2D eigenvalue weighted by Gasteiger charge is -2.13. The van der Waals surface area contributed by atoms with Gasteiger partial charge in [-0.05, 0) is 81.3 Å². The van der Waals surface area contributed by atoms with Crippen molar-refractivity contribution < 1.29 is 4.79 Å². The Hall–Kier alpha value is -3.19. The van der Waals surface area contributed by atoms with Crippen molar-refractivity contribution in [3.63, 3.8) is 0 Å². The number of nitrogens with zero attached hydrogens (tertiary/aromatic N) is 3. The molecule has 1 aliphatic rings. The molecule has 0 bridgehead atoms. The van der Waals surface area contributed by atoms with Gasteiger partial charge in [0.05, 0.1) is 28.2 Å². The molecule has 152 valence electrons. The van der Waals surface area contributed by atoms with Crippen LogP contribution in [0.15, 0.2) is 62.4 Å². The van der Waals surface area contributed by atoms with Gasteiger partial charge >= 0.3 is 0 Å². The molecule has 0 radical (unpaired) electrons. The summed E-state index contributed by atoms with van der Waals surface area (Å²) in [4.78, 5) is 26.1. The van der Waals surface area contributed by atoms with Gasteiger partial charge in [-0.1, -0.05) is 22.0 Å². The average Bonchev–Trinajstić information content (AvgIpc) is 3.15. The van der Waals surface area contributed by atoms with Gasteiger partial charge in [-0.2, -0.15) is 10.1 Å². The standard InChI is InChI=1S/C23H21BrN4O2/c1-13-5-8-19(11-14(13)2)28-23(30)21(16(4)26-28)12-20-15(3)25-27(22(20)29)18-9-6-17(24)7-10-18/h5-12,25H,1-4H3. The Kier molecular flexibility index (Phi) is 5.07. The van der Waals surface area contributed by atoms with Crippen LogP contribution in [0.3, 0.4) is 0 Å². The molecule has 4 rings (SSSR count). The van der Waals surface area contributed by atoms with Crippen LogP contribution < -0.4 is 10.6 Å². The molecule has 2 aromatic carbocycles. The summed E-state index contributed by atoms with van der Waals surface area (Å²) in [6, 6.07) is 13.2. The summed E-state index contributed by atoms with van der Waals surface area (Å²) in [5, 5.41) is 8.91. The van der Waals surface area contributed by atoms with Crippen molar-refractivity contribution in [3.05, 3.63) is 85.2 Å². The van der Waals surface area contributed by atoms with E-state index in [4.69, 9.17) is 0 Å². The maximum Gasteiger partial charge on any atom is 0.280 e. The van der Waals surface area contributed by atoms with E-state index in [9.17, 15) is 9.59 Å². The molecule has 2 heterocycles. The van der Waals surface area contributed by atoms with E-state index in [1.54, 1.807) is 13.0 Å². The topological polar surface area (TPSA) is 70.5 Å². The van der Waals surface area contributed by atoms with Crippen molar-refractivity contribution in [2.75, 3.05) is 5.01 Å². The number of rotatable bonds is 3. The van der Waals surface area contributed by atoms with Crippen LogP contribution in [0.4, 0.5) is 5.69 Å². The number of hydrogen-bond acceptors (Lipinski definition) is 3. The molecule has 0 aliphatic carbocycles. The third kappa shape index (κ3) is 3.45. The first kappa shape index (κ1) is 20.1. The fourth-order valence-electron chi connectivity index (χ4n) is 3.36. The monoisotopic (exact) mass is 464 g/mol. The second-order valence-corrected chi connectivity index (χ2v) is 8.31. The highest BCUT2D eigenvalue weighted by molar-refractivity contribution is 9.10. The van der Waals surface area contributed by atoms with Crippen molar-refractivity contribution in [3.8, 4) is 5.69 Å². The maximum atomic E-state index is 13.1. The Morgan fingerprint density at radius 3 is 2.27 bits per heavy atom. The van der Waals surface area contributed by atoms with Crippen LogP contribution in [0.2, 0.25) is 0 Å². The number of carbonyl (C=O) groups excluding carboxylic acids is 1. The van der Waals surface area contributed by atoms with Crippen LogP contribution >= 0.6 is 15.9 Å². The number of anilines is 1. The smallest absolute Gasteiger partial charge is 0.280 e. The number of aromatic nitrogens is 2. The fraction of sp³-hybridized carbons (Fsp3) is 0.174. The van der Waals surface area contributed by atoms with Crippen molar-refractivity contribution in [2.45, 2.75) is 27.7 Å². The Bertz CT molecular complexity index is 1280. The second kappa shape index (κ2) is 7.57. The van der Waals surface area contributed by atoms with Crippen LogP contribution in [0.25, 0.3) is 11.8 Å². The largest absolute Gasteiger partial charge is 0.295 e. The number of nitrogens with one attached hydrogen (secondary N) is 1. The molecule has 1 aromatic heterocycles. The first-order valence-electron chi connectivity index (χ1n) is 9.53. The van der Waals surface area contributed by atoms with Crippen LogP contribution in [-0.4, -0.2) is 21.4 Å². The predicted molar refractivity (Wildman–Crippen MR) is 123 cm³/mol. The predicted octanol–water partition coefficient (Wildman–Crippen LogP) is 4.66. The van der Waals surface area contributed by atoms with E-state index >= 15 is 0 Å². The van der Waals surface area contributed by atoms with Gasteiger partial charge in [0.25, 0.3) is 11.5 Å². The first-order valence-corrected chi connectivity index (χ1v) is 10.3. The van der Waals surface area contributed by atoms with E-state index < -0.39 is 0 Å². The molecule has 7 heteroatoms. The lowest BCUT2D eigenvalue weighted by Crippen LogP contribution is -2.22. The number of aryl methyl sites for hydroxylation is 3. The maximum absolute atomic E-state index is 13.1. The quantitative estimate of drug-likeness (QED) is 0.572. The minimum atomic E-state index is -0.244. The molecular weight excluding hydrogens is 444 g/mol. The van der Waals surface area contributed by atoms with Crippen LogP contribution in [0.1, 0.15) is 29.3 Å². The Morgan fingerprint density at radius 1 is 0.933 bits per heavy atom. The number of benzene rings is 2. The zero-order chi connectivity index (χ0) is 21.6. The molecule has 30 heavy (non-hydrogen) atoms. The third-order valence-corrected chi connectivity index (χ3v) is 5.82. The summed E-state index contributed by atoms with van der Waals surface area (Å²) in [7, 11) is 0. The number of carbonyl (C=O) groups is 1. The summed E-state index contributed by atoms with van der Waals surface area (Å²) in [6.07, 6.45) is 1.63. The molecule has 0 atom stereocenters. The normalized spacial score (nSPS) is 15.2. The highest BCUT2D eigenvalue weighted by Gasteiger charge is 2.29. The summed E-state index contributed by atoms with van der Waals surface area (Å²) in [5.41, 5.74) is 5.57. The van der Waals surface area contributed by atoms with Crippen molar-refractivity contribution >= 4 is 39.3 Å². The molecule has 6 nitrogen and oxygen atoms in total. The molecular formula is C23H21BrN4O2. The summed E-state index contributed by atoms with van der Waals surface area (Å²) in [5.74, 6) is -0.244. The van der Waals surface area contributed by atoms with E-state index in [1.807, 2.05) is 63.2 Å². The number of H-pyrrole nitrogens is 1. The van der Waals surface area contributed by atoms with Gasteiger partial charge < -0.3 is 0 Å². The number of halogens is 1. The molecule has 0 saturated carbocycles. The molecule has 3 aromatic rings. The first-order chi connectivity index (χ1) is 14.3. The van der Waals surface area contributed by atoms with E-state index in [0.29, 0.717) is 28.2 Å².